The van der Waals surface area contributed by atoms with E-state index in [1.54, 1.807) is 0 Å². The smallest absolute Gasteiger partial charge is 0.220 e. The maximum Gasteiger partial charge on any atom is 0.220 e. The number of benzene rings is 1. The third-order valence-electron chi connectivity index (χ3n) is 4.69. The first kappa shape index (κ1) is 15.0. The number of nitrogens with one attached hydrogen (secondary N) is 2. The van der Waals surface area contributed by atoms with Crippen molar-refractivity contribution in [1.82, 2.24) is 10.6 Å². The highest BCUT2D eigenvalue weighted by molar-refractivity contribution is 9.10. The van der Waals surface area contributed by atoms with E-state index in [4.69, 9.17) is 0 Å². The summed E-state index contributed by atoms with van der Waals surface area (Å²) in [6.07, 6.45) is 6.55. The average Bonchev–Trinajstić information content (AvgIpc) is 2.80. The van der Waals surface area contributed by atoms with E-state index in [-0.39, 0.29) is 5.91 Å². The maximum absolute atomic E-state index is 12.1. The number of carbonyl (C=O) groups excluding carboxylic acids is 1. The third kappa shape index (κ3) is 4.30. The number of hydrogen-bond acceptors (Lipinski definition) is 2. The van der Waals surface area contributed by atoms with Crippen LogP contribution in [0.2, 0.25) is 0 Å². The Morgan fingerprint density at radius 3 is 2.52 bits per heavy atom. The predicted octanol–water partition coefficient (Wildman–Crippen LogP) is 3.03. The molecule has 2 N–H and O–H groups in total. The number of amides is 1. The molecule has 0 radical (unpaired) electrons. The molecule has 3 rings (SSSR count). The van der Waals surface area contributed by atoms with Gasteiger partial charge in [-0.15, -0.1) is 0 Å². The number of hydrogen-bond donors (Lipinski definition) is 2. The molecule has 0 aromatic heterocycles. The predicted molar refractivity (Wildman–Crippen MR) is 88.1 cm³/mol. The number of rotatable bonds is 5. The Labute approximate surface area is 135 Å². The fraction of sp³-hybridized carbons (Fsp3) is 0.588. The average molecular weight is 351 g/mol. The zero-order valence-electron chi connectivity index (χ0n) is 12.3. The molecule has 0 spiro atoms. The van der Waals surface area contributed by atoms with Crippen LogP contribution >= 0.6 is 15.9 Å². The molecule has 1 amide bonds. The molecule has 4 heteroatoms. The van der Waals surface area contributed by atoms with Gasteiger partial charge in [0.15, 0.2) is 0 Å². The second kappa shape index (κ2) is 6.93. The number of piperidine rings is 1. The highest BCUT2D eigenvalue weighted by Crippen LogP contribution is 2.32. The molecule has 2 aliphatic rings. The third-order valence-corrected chi connectivity index (χ3v) is 5.22. The first-order chi connectivity index (χ1) is 10.2. The van der Waals surface area contributed by atoms with Crippen LogP contribution in [-0.2, 0) is 11.2 Å². The van der Waals surface area contributed by atoms with Crippen molar-refractivity contribution >= 4 is 21.8 Å². The van der Waals surface area contributed by atoms with E-state index in [1.807, 2.05) is 12.1 Å². The van der Waals surface area contributed by atoms with Crippen molar-refractivity contribution in [2.75, 3.05) is 6.54 Å². The molecule has 2 saturated heterocycles. The lowest BCUT2D eigenvalue weighted by molar-refractivity contribution is -0.122. The van der Waals surface area contributed by atoms with Crippen LogP contribution in [0.4, 0.5) is 0 Å². The summed E-state index contributed by atoms with van der Waals surface area (Å²) in [5.41, 5.74) is 1.26. The van der Waals surface area contributed by atoms with Gasteiger partial charge in [-0.3, -0.25) is 4.79 Å². The molecule has 1 aromatic rings. The Hall–Kier alpha value is -0.870. The Balaban J connectivity index is 1.37. The fourth-order valence-corrected chi connectivity index (χ4v) is 3.94. The summed E-state index contributed by atoms with van der Waals surface area (Å²) >= 11 is 3.43. The molecule has 0 saturated carbocycles. The highest BCUT2D eigenvalue weighted by Gasteiger charge is 2.33. The largest absolute Gasteiger partial charge is 0.356 e. The van der Waals surface area contributed by atoms with Gasteiger partial charge in [0.1, 0.15) is 0 Å². The van der Waals surface area contributed by atoms with Crippen LogP contribution in [0.3, 0.4) is 0 Å². The zero-order chi connectivity index (χ0) is 14.7. The van der Waals surface area contributed by atoms with Crippen LogP contribution in [0.25, 0.3) is 0 Å². The second-order valence-corrected chi connectivity index (χ2v) is 7.32. The van der Waals surface area contributed by atoms with Gasteiger partial charge in [-0.05, 0) is 55.7 Å². The standard InChI is InChI=1S/C17H23BrN2O/c18-14-3-1-12(2-4-14)7-8-19-17(21)11-13-9-15-5-6-16(10-13)20-15/h1-4,13,15-16,20H,5-11H2,(H,19,21). The van der Waals surface area contributed by atoms with Crippen LogP contribution < -0.4 is 10.6 Å². The van der Waals surface area contributed by atoms with Crippen molar-refractivity contribution in [2.45, 2.75) is 50.6 Å². The molecule has 2 heterocycles. The van der Waals surface area contributed by atoms with Gasteiger partial charge >= 0.3 is 0 Å². The van der Waals surface area contributed by atoms with E-state index in [2.05, 4.69) is 38.7 Å². The molecule has 2 unspecified atom stereocenters. The molecule has 2 bridgehead atoms. The summed E-state index contributed by atoms with van der Waals surface area (Å²) in [5, 5.41) is 6.70. The van der Waals surface area contributed by atoms with E-state index >= 15 is 0 Å². The van der Waals surface area contributed by atoms with Gasteiger partial charge in [-0.1, -0.05) is 28.1 Å². The van der Waals surface area contributed by atoms with Crippen molar-refractivity contribution < 1.29 is 4.79 Å². The monoisotopic (exact) mass is 350 g/mol. The molecule has 1 aromatic carbocycles. The van der Waals surface area contributed by atoms with Crippen molar-refractivity contribution in [3.63, 3.8) is 0 Å². The number of carbonyl (C=O) groups is 1. The van der Waals surface area contributed by atoms with Gasteiger partial charge in [0.25, 0.3) is 0 Å². The Kier molecular flexibility index (Phi) is 4.96. The van der Waals surface area contributed by atoms with E-state index < -0.39 is 0 Å². The first-order valence-electron chi connectivity index (χ1n) is 7.96. The summed E-state index contributed by atoms with van der Waals surface area (Å²) in [6, 6.07) is 9.62. The number of fused-ring (bicyclic) bond motifs is 2. The van der Waals surface area contributed by atoms with Gasteiger partial charge in [0, 0.05) is 29.5 Å². The molecule has 2 atom stereocenters. The molecule has 21 heavy (non-hydrogen) atoms. The Morgan fingerprint density at radius 2 is 1.86 bits per heavy atom. The lowest BCUT2D eigenvalue weighted by atomic mass is 9.89. The van der Waals surface area contributed by atoms with Crippen molar-refractivity contribution in [2.24, 2.45) is 5.92 Å². The zero-order valence-corrected chi connectivity index (χ0v) is 13.9. The Bertz CT molecular complexity index is 476. The van der Waals surface area contributed by atoms with Crippen LogP contribution in [-0.4, -0.2) is 24.5 Å². The second-order valence-electron chi connectivity index (χ2n) is 6.41. The lowest BCUT2D eigenvalue weighted by Crippen LogP contribution is -2.39. The summed E-state index contributed by atoms with van der Waals surface area (Å²) in [4.78, 5) is 12.1. The van der Waals surface area contributed by atoms with Gasteiger partial charge in [0.2, 0.25) is 5.91 Å². The lowest BCUT2D eigenvalue weighted by Gasteiger charge is -2.28. The first-order valence-corrected chi connectivity index (χ1v) is 8.75. The van der Waals surface area contributed by atoms with Gasteiger partial charge < -0.3 is 10.6 Å². The van der Waals surface area contributed by atoms with E-state index in [9.17, 15) is 4.79 Å². The van der Waals surface area contributed by atoms with E-state index in [1.165, 1.54) is 31.2 Å². The minimum Gasteiger partial charge on any atom is -0.356 e. The molecule has 2 fully saturated rings. The van der Waals surface area contributed by atoms with E-state index in [0.29, 0.717) is 24.4 Å². The topological polar surface area (TPSA) is 41.1 Å². The summed E-state index contributed by atoms with van der Waals surface area (Å²) in [7, 11) is 0. The minimum absolute atomic E-state index is 0.221. The summed E-state index contributed by atoms with van der Waals surface area (Å²) < 4.78 is 1.09. The maximum atomic E-state index is 12.1. The molecule has 3 nitrogen and oxygen atoms in total. The van der Waals surface area contributed by atoms with Crippen molar-refractivity contribution in [3.8, 4) is 0 Å². The van der Waals surface area contributed by atoms with Gasteiger partial charge in [0.05, 0.1) is 0 Å². The van der Waals surface area contributed by atoms with E-state index in [0.717, 1.165) is 17.4 Å². The van der Waals surface area contributed by atoms with Crippen LogP contribution in [0.1, 0.15) is 37.7 Å². The van der Waals surface area contributed by atoms with Crippen molar-refractivity contribution in [1.29, 1.82) is 0 Å². The quantitative estimate of drug-likeness (QED) is 0.856. The molecule has 2 aliphatic heterocycles. The van der Waals surface area contributed by atoms with Crippen molar-refractivity contribution in [3.05, 3.63) is 34.3 Å². The molecular formula is C17H23BrN2O. The van der Waals surface area contributed by atoms with Gasteiger partial charge in [-0.25, -0.2) is 0 Å². The molecule has 0 aliphatic carbocycles. The highest BCUT2D eigenvalue weighted by atomic mass is 79.9. The van der Waals surface area contributed by atoms with Crippen LogP contribution in [0, 0.1) is 5.92 Å². The fourth-order valence-electron chi connectivity index (χ4n) is 3.67. The molecule has 114 valence electrons. The Morgan fingerprint density at radius 1 is 1.19 bits per heavy atom. The molecular weight excluding hydrogens is 328 g/mol. The number of halogens is 1. The summed E-state index contributed by atoms with van der Waals surface area (Å²) in [5.74, 6) is 0.801. The minimum atomic E-state index is 0.221. The van der Waals surface area contributed by atoms with Crippen LogP contribution in [0.15, 0.2) is 28.7 Å². The van der Waals surface area contributed by atoms with Gasteiger partial charge in [-0.2, -0.15) is 0 Å². The summed E-state index contributed by atoms with van der Waals surface area (Å²) in [6.45, 7) is 0.734. The van der Waals surface area contributed by atoms with Crippen LogP contribution in [0.5, 0.6) is 0 Å². The normalized spacial score (nSPS) is 27.6. The SMILES string of the molecule is O=C(CC1CC2CCC(C1)N2)NCCc1ccc(Br)cc1.